The van der Waals surface area contributed by atoms with Gasteiger partial charge in [-0.15, -0.1) is 0 Å². The lowest BCUT2D eigenvalue weighted by Gasteiger charge is -2.37. The van der Waals surface area contributed by atoms with E-state index in [0.29, 0.717) is 39.5 Å². The standard InChI is InChI=1S/C37H31NO6/c1-21-12-15-28-22(18-21)14-17-31-37(35(40)26-10-5-6-11-27(26)36(37)41)32(23-13-16-29(43-3)30(20-23)44-4)33(38(28)31)34(39)24-8-7-9-25(19-24)42-2/h5-20,31-33H,1-4H3/t31-,32-,33-/m0/s1. The van der Waals surface area contributed by atoms with Gasteiger partial charge in [0.1, 0.15) is 17.2 Å². The fraction of sp³-hybridized carbons (Fsp3) is 0.216. The smallest absolute Gasteiger partial charge is 0.186 e. The van der Waals surface area contributed by atoms with Gasteiger partial charge in [0, 0.05) is 28.3 Å². The van der Waals surface area contributed by atoms with Crippen molar-refractivity contribution in [3.63, 3.8) is 0 Å². The summed E-state index contributed by atoms with van der Waals surface area (Å²) in [5.41, 5.74) is 2.98. The fourth-order valence-corrected chi connectivity index (χ4v) is 7.46. The van der Waals surface area contributed by atoms with Gasteiger partial charge in [-0.05, 0) is 54.4 Å². The van der Waals surface area contributed by atoms with Crippen LogP contribution in [0.3, 0.4) is 0 Å². The molecule has 2 heterocycles. The second-order valence-corrected chi connectivity index (χ2v) is 11.5. The molecule has 0 saturated carbocycles. The highest BCUT2D eigenvalue weighted by molar-refractivity contribution is 6.32. The summed E-state index contributed by atoms with van der Waals surface area (Å²) in [6.07, 6.45) is 3.90. The Morgan fingerprint density at radius 1 is 0.773 bits per heavy atom. The number of nitrogens with zero attached hydrogens (tertiary/aromatic N) is 1. The lowest BCUT2D eigenvalue weighted by Crippen LogP contribution is -2.48. The molecule has 2 aliphatic heterocycles. The Morgan fingerprint density at radius 3 is 2.18 bits per heavy atom. The van der Waals surface area contributed by atoms with Crippen LogP contribution < -0.4 is 19.1 Å². The first-order valence-electron chi connectivity index (χ1n) is 14.5. The quantitative estimate of drug-likeness (QED) is 0.193. The molecule has 1 spiro atoms. The molecule has 220 valence electrons. The van der Waals surface area contributed by atoms with E-state index in [1.54, 1.807) is 74.9 Å². The van der Waals surface area contributed by atoms with Crippen molar-refractivity contribution in [2.45, 2.75) is 24.9 Å². The molecule has 0 aromatic heterocycles. The van der Waals surface area contributed by atoms with Crippen molar-refractivity contribution >= 4 is 29.1 Å². The summed E-state index contributed by atoms with van der Waals surface area (Å²) in [7, 11) is 4.64. The summed E-state index contributed by atoms with van der Waals surface area (Å²) in [6.45, 7) is 2.01. The van der Waals surface area contributed by atoms with Crippen molar-refractivity contribution in [2.24, 2.45) is 5.41 Å². The highest BCUT2D eigenvalue weighted by Crippen LogP contribution is 2.61. The van der Waals surface area contributed by atoms with E-state index in [2.05, 4.69) is 6.07 Å². The molecular formula is C37H31NO6. The highest BCUT2D eigenvalue weighted by Gasteiger charge is 2.71. The molecule has 4 aromatic rings. The van der Waals surface area contributed by atoms with Crippen LogP contribution in [0.1, 0.15) is 53.7 Å². The van der Waals surface area contributed by atoms with Gasteiger partial charge in [0.15, 0.2) is 28.8 Å². The first-order valence-corrected chi connectivity index (χ1v) is 14.5. The molecule has 7 rings (SSSR count). The largest absolute Gasteiger partial charge is 0.497 e. The number of carbonyl (C=O) groups excluding carboxylic acids is 3. The average Bonchev–Trinajstić information content (AvgIpc) is 3.49. The number of fused-ring (bicyclic) bond motifs is 5. The summed E-state index contributed by atoms with van der Waals surface area (Å²) < 4.78 is 16.7. The lowest BCUT2D eigenvalue weighted by molar-refractivity contribution is 0.0665. The molecule has 3 atom stereocenters. The van der Waals surface area contributed by atoms with E-state index < -0.39 is 23.4 Å². The maximum atomic E-state index is 14.9. The third kappa shape index (κ3) is 3.71. The molecule has 1 aliphatic carbocycles. The fourth-order valence-electron chi connectivity index (χ4n) is 7.46. The third-order valence-electron chi connectivity index (χ3n) is 9.35. The number of hydrogen-bond acceptors (Lipinski definition) is 7. The Hall–Kier alpha value is -5.17. The van der Waals surface area contributed by atoms with Crippen molar-refractivity contribution in [1.82, 2.24) is 0 Å². The van der Waals surface area contributed by atoms with Crippen LogP contribution in [0.15, 0.2) is 91.0 Å². The average molecular weight is 586 g/mol. The van der Waals surface area contributed by atoms with Crippen molar-refractivity contribution in [3.8, 4) is 17.2 Å². The van der Waals surface area contributed by atoms with Crippen LogP contribution in [0.25, 0.3) is 6.08 Å². The number of Topliss-reactive ketones (excluding diaryl/α,β-unsaturated/α-hetero) is 3. The Bertz CT molecular complexity index is 1860. The predicted octanol–water partition coefficient (Wildman–Crippen LogP) is 6.34. The van der Waals surface area contributed by atoms with Crippen LogP contribution in [0, 0.1) is 12.3 Å². The lowest BCUT2D eigenvalue weighted by atomic mass is 9.64. The summed E-state index contributed by atoms with van der Waals surface area (Å²) >= 11 is 0. The number of ketones is 3. The van der Waals surface area contributed by atoms with Crippen LogP contribution in [0.2, 0.25) is 0 Å². The van der Waals surface area contributed by atoms with Crippen molar-refractivity contribution in [2.75, 3.05) is 26.2 Å². The summed E-state index contributed by atoms with van der Waals surface area (Å²) in [5, 5.41) is 0. The highest BCUT2D eigenvalue weighted by atomic mass is 16.5. The molecule has 3 aliphatic rings. The minimum absolute atomic E-state index is 0.219. The van der Waals surface area contributed by atoms with Gasteiger partial charge >= 0.3 is 0 Å². The van der Waals surface area contributed by atoms with E-state index in [9.17, 15) is 14.4 Å². The van der Waals surface area contributed by atoms with Gasteiger partial charge in [-0.2, -0.15) is 0 Å². The molecule has 0 N–H and O–H groups in total. The zero-order valence-corrected chi connectivity index (χ0v) is 24.9. The normalized spacial score (nSPS) is 20.7. The number of methoxy groups -OCH3 is 3. The Morgan fingerprint density at radius 2 is 1.50 bits per heavy atom. The van der Waals surface area contributed by atoms with Gasteiger partial charge in [-0.25, -0.2) is 0 Å². The SMILES string of the molecule is COc1cccc(C(=O)[C@@H]2[C@H](c3ccc(OC)c(OC)c3)C3(C(=O)c4ccccc4C3=O)[C@@H]3C=Cc4cc(C)ccc4N23)c1. The second kappa shape index (κ2) is 10.2. The molecule has 7 nitrogen and oxygen atoms in total. The van der Waals surface area contributed by atoms with Gasteiger partial charge < -0.3 is 19.1 Å². The Kier molecular flexibility index (Phi) is 6.43. The predicted molar refractivity (Wildman–Crippen MR) is 167 cm³/mol. The monoisotopic (exact) mass is 585 g/mol. The number of carbonyl (C=O) groups is 3. The summed E-state index contributed by atoms with van der Waals surface area (Å²) in [5.74, 6) is -0.163. The number of aryl methyl sites for hydroxylation is 1. The number of hydrogen-bond donors (Lipinski definition) is 0. The second-order valence-electron chi connectivity index (χ2n) is 11.5. The van der Waals surface area contributed by atoms with Crippen LogP contribution in [-0.4, -0.2) is 50.8 Å². The minimum atomic E-state index is -1.61. The minimum Gasteiger partial charge on any atom is -0.497 e. The molecule has 1 fully saturated rings. The van der Waals surface area contributed by atoms with E-state index >= 15 is 0 Å². The molecule has 0 amide bonds. The Labute approximate surface area is 255 Å². The van der Waals surface area contributed by atoms with Crippen LogP contribution in [0.5, 0.6) is 17.2 Å². The maximum absolute atomic E-state index is 14.9. The Balaban J connectivity index is 1.55. The number of rotatable bonds is 6. The van der Waals surface area contributed by atoms with Gasteiger partial charge in [-0.3, -0.25) is 14.4 Å². The summed E-state index contributed by atoms with van der Waals surface area (Å²) in [4.78, 5) is 46.6. The van der Waals surface area contributed by atoms with Crippen molar-refractivity contribution < 1.29 is 28.6 Å². The number of benzene rings is 4. The topological polar surface area (TPSA) is 82.1 Å². The van der Waals surface area contributed by atoms with E-state index in [4.69, 9.17) is 14.2 Å². The number of ether oxygens (including phenoxy) is 3. The van der Waals surface area contributed by atoms with Gasteiger partial charge in [0.05, 0.1) is 27.4 Å². The first kappa shape index (κ1) is 27.7. The van der Waals surface area contributed by atoms with Gasteiger partial charge in [0.25, 0.3) is 0 Å². The zero-order valence-electron chi connectivity index (χ0n) is 24.9. The van der Waals surface area contributed by atoms with E-state index in [-0.39, 0.29) is 17.3 Å². The zero-order chi connectivity index (χ0) is 30.7. The van der Waals surface area contributed by atoms with Crippen molar-refractivity contribution in [1.29, 1.82) is 0 Å². The molecule has 4 aromatic carbocycles. The molecule has 7 heteroatoms. The molecular weight excluding hydrogens is 554 g/mol. The van der Waals surface area contributed by atoms with Crippen LogP contribution >= 0.6 is 0 Å². The molecule has 1 saturated heterocycles. The molecule has 44 heavy (non-hydrogen) atoms. The third-order valence-corrected chi connectivity index (χ3v) is 9.35. The maximum Gasteiger partial charge on any atom is 0.186 e. The molecule has 0 radical (unpaired) electrons. The van der Waals surface area contributed by atoms with E-state index in [1.165, 1.54) is 7.11 Å². The molecule has 0 bridgehead atoms. The first-order chi connectivity index (χ1) is 21.3. The van der Waals surface area contributed by atoms with Crippen LogP contribution in [-0.2, 0) is 0 Å². The van der Waals surface area contributed by atoms with E-state index in [0.717, 1.165) is 16.8 Å². The van der Waals surface area contributed by atoms with Gasteiger partial charge in [-0.1, -0.05) is 66.2 Å². The van der Waals surface area contributed by atoms with Crippen molar-refractivity contribution in [3.05, 3.63) is 124 Å². The number of anilines is 1. The molecule has 0 unspecified atom stereocenters. The van der Waals surface area contributed by atoms with Gasteiger partial charge in [0.2, 0.25) is 0 Å². The van der Waals surface area contributed by atoms with Crippen LogP contribution in [0.4, 0.5) is 5.69 Å². The van der Waals surface area contributed by atoms with E-state index in [1.807, 2.05) is 42.2 Å². The summed E-state index contributed by atoms with van der Waals surface area (Å²) in [6, 6.07) is 23.7.